The average Bonchev–Trinajstić information content (AvgIpc) is 2.88. The molecule has 3 aliphatic rings. The minimum atomic E-state index is -2.84. The third-order valence-corrected chi connectivity index (χ3v) is 9.60. The second kappa shape index (κ2) is 6.01. The lowest BCUT2D eigenvalue weighted by atomic mass is 9.50. The standard InChI is InChI=1S/C20H24N2O3S2/c1-12-2-3-17-16(4-12)22-19(26-17)14-6-20(7-14)8-15(9-20)21-18(23)5-13-10-27(24,25)11-13/h2-4,13-15H,5-11H2,1H3,(H,21,23). The molecule has 144 valence electrons. The van der Waals surface area contributed by atoms with Crippen LogP contribution < -0.4 is 5.32 Å². The molecule has 0 bridgehead atoms. The predicted octanol–water partition coefficient (Wildman–Crippen LogP) is 3.18. The number of fused-ring (bicyclic) bond motifs is 1. The van der Waals surface area contributed by atoms with Crippen LogP contribution in [0.1, 0.15) is 48.6 Å². The molecule has 2 saturated carbocycles. The monoisotopic (exact) mass is 404 g/mol. The summed E-state index contributed by atoms with van der Waals surface area (Å²) in [5, 5.41) is 4.37. The SMILES string of the molecule is Cc1ccc2sc(C3CC4(CC(NC(=O)CC5CS(=O)(=O)C5)C4)C3)nc2c1. The number of aromatic nitrogens is 1. The van der Waals surface area contributed by atoms with Crippen molar-refractivity contribution in [2.24, 2.45) is 11.3 Å². The van der Waals surface area contributed by atoms with Gasteiger partial charge in [-0.05, 0) is 61.6 Å². The minimum Gasteiger partial charge on any atom is -0.353 e. The Morgan fingerprint density at radius 3 is 2.70 bits per heavy atom. The molecule has 1 amide bonds. The lowest BCUT2D eigenvalue weighted by Gasteiger charge is -2.57. The van der Waals surface area contributed by atoms with Crippen LogP contribution in [0, 0.1) is 18.3 Å². The van der Waals surface area contributed by atoms with Gasteiger partial charge in [0.2, 0.25) is 5.91 Å². The highest BCUT2D eigenvalue weighted by Gasteiger charge is 2.54. The van der Waals surface area contributed by atoms with Gasteiger partial charge in [0.1, 0.15) is 0 Å². The number of carbonyl (C=O) groups excluding carboxylic acids is 1. The molecule has 7 heteroatoms. The fraction of sp³-hybridized carbons (Fsp3) is 0.600. The number of nitrogens with zero attached hydrogens (tertiary/aromatic N) is 1. The van der Waals surface area contributed by atoms with Crippen molar-refractivity contribution in [2.75, 3.05) is 11.5 Å². The quantitative estimate of drug-likeness (QED) is 0.849. The van der Waals surface area contributed by atoms with E-state index >= 15 is 0 Å². The van der Waals surface area contributed by atoms with E-state index in [9.17, 15) is 13.2 Å². The number of aryl methyl sites for hydroxylation is 1. The molecule has 5 rings (SSSR count). The number of carbonyl (C=O) groups is 1. The molecule has 1 aliphatic heterocycles. The van der Waals surface area contributed by atoms with Crippen molar-refractivity contribution in [1.29, 1.82) is 0 Å². The normalized spacial score (nSPS) is 31.9. The first-order chi connectivity index (χ1) is 12.8. The van der Waals surface area contributed by atoms with E-state index in [0.717, 1.165) is 18.4 Å². The van der Waals surface area contributed by atoms with Crippen molar-refractivity contribution in [3.63, 3.8) is 0 Å². The molecule has 2 aromatic rings. The van der Waals surface area contributed by atoms with Crippen molar-refractivity contribution in [3.05, 3.63) is 28.8 Å². The number of rotatable bonds is 4. The highest BCUT2D eigenvalue weighted by atomic mass is 32.2. The maximum atomic E-state index is 12.1. The molecular weight excluding hydrogens is 380 g/mol. The van der Waals surface area contributed by atoms with Gasteiger partial charge in [0.15, 0.2) is 9.84 Å². The number of benzene rings is 1. The lowest BCUT2D eigenvalue weighted by Crippen LogP contribution is -2.56. The Hall–Kier alpha value is -1.47. The van der Waals surface area contributed by atoms with Gasteiger partial charge in [-0.1, -0.05) is 6.07 Å². The molecule has 1 saturated heterocycles. The Labute approximate surface area is 163 Å². The van der Waals surface area contributed by atoms with Gasteiger partial charge in [-0.2, -0.15) is 0 Å². The second-order valence-electron chi connectivity index (χ2n) is 8.95. The lowest BCUT2D eigenvalue weighted by molar-refractivity contribution is -0.125. The largest absolute Gasteiger partial charge is 0.353 e. The van der Waals surface area contributed by atoms with E-state index in [0.29, 0.717) is 17.8 Å². The molecule has 1 aromatic heterocycles. The number of hydrogen-bond acceptors (Lipinski definition) is 5. The van der Waals surface area contributed by atoms with E-state index < -0.39 is 9.84 Å². The zero-order chi connectivity index (χ0) is 18.8. The van der Waals surface area contributed by atoms with Gasteiger partial charge in [0, 0.05) is 18.4 Å². The van der Waals surface area contributed by atoms with E-state index in [1.165, 1.54) is 28.1 Å². The van der Waals surface area contributed by atoms with Gasteiger partial charge in [0.05, 0.1) is 26.7 Å². The van der Waals surface area contributed by atoms with Gasteiger partial charge in [-0.25, -0.2) is 13.4 Å². The highest BCUT2D eigenvalue weighted by Crippen LogP contribution is 2.62. The van der Waals surface area contributed by atoms with Crippen molar-refractivity contribution in [1.82, 2.24) is 10.3 Å². The zero-order valence-electron chi connectivity index (χ0n) is 15.4. The van der Waals surface area contributed by atoms with Crippen LogP contribution in [0.3, 0.4) is 0 Å². The maximum Gasteiger partial charge on any atom is 0.220 e. The predicted molar refractivity (Wildman–Crippen MR) is 107 cm³/mol. The molecule has 1 N–H and O–H groups in total. The molecule has 5 nitrogen and oxygen atoms in total. The Bertz CT molecular complexity index is 1000. The van der Waals surface area contributed by atoms with Crippen molar-refractivity contribution in [2.45, 2.75) is 51.0 Å². The maximum absolute atomic E-state index is 12.1. The Balaban J connectivity index is 1.10. The molecule has 0 radical (unpaired) electrons. The van der Waals surface area contributed by atoms with Crippen molar-refractivity contribution >= 4 is 37.3 Å². The van der Waals surface area contributed by atoms with E-state index in [2.05, 4.69) is 30.4 Å². The first kappa shape index (κ1) is 17.6. The van der Waals surface area contributed by atoms with E-state index in [1.54, 1.807) is 0 Å². The smallest absolute Gasteiger partial charge is 0.220 e. The molecule has 2 heterocycles. The summed E-state index contributed by atoms with van der Waals surface area (Å²) in [4.78, 5) is 16.9. The van der Waals surface area contributed by atoms with Crippen LogP contribution in [-0.2, 0) is 14.6 Å². The van der Waals surface area contributed by atoms with Crippen molar-refractivity contribution < 1.29 is 13.2 Å². The molecule has 3 fully saturated rings. The summed E-state index contributed by atoms with van der Waals surface area (Å²) in [5.74, 6) is 0.975. The Morgan fingerprint density at radius 2 is 2.00 bits per heavy atom. The van der Waals surface area contributed by atoms with Crippen LogP contribution in [0.2, 0.25) is 0 Å². The topological polar surface area (TPSA) is 76.1 Å². The summed E-state index contributed by atoms with van der Waals surface area (Å²) in [6, 6.07) is 6.74. The highest BCUT2D eigenvalue weighted by molar-refractivity contribution is 7.92. The number of sulfone groups is 1. The van der Waals surface area contributed by atoms with Gasteiger partial charge < -0.3 is 5.32 Å². The van der Waals surface area contributed by atoms with E-state index in [-0.39, 0.29) is 29.4 Å². The summed E-state index contributed by atoms with van der Waals surface area (Å²) in [5.41, 5.74) is 2.77. The van der Waals surface area contributed by atoms with E-state index in [4.69, 9.17) is 4.98 Å². The van der Waals surface area contributed by atoms with Gasteiger partial charge in [0.25, 0.3) is 0 Å². The number of nitrogens with one attached hydrogen (secondary N) is 1. The second-order valence-corrected chi connectivity index (χ2v) is 12.2. The summed E-state index contributed by atoms with van der Waals surface area (Å²) >= 11 is 1.82. The average molecular weight is 405 g/mol. The molecule has 1 aromatic carbocycles. The van der Waals surface area contributed by atoms with Crippen LogP contribution in [-0.4, -0.2) is 36.9 Å². The van der Waals surface area contributed by atoms with Crippen LogP contribution in [0.15, 0.2) is 18.2 Å². The summed E-state index contributed by atoms with van der Waals surface area (Å²) < 4.78 is 23.6. The van der Waals surface area contributed by atoms with Crippen LogP contribution in [0.5, 0.6) is 0 Å². The number of hydrogen-bond donors (Lipinski definition) is 1. The zero-order valence-corrected chi connectivity index (χ0v) is 17.0. The third kappa shape index (κ3) is 3.29. The van der Waals surface area contributed by atoms with Gasteiger partial charge in [-0.3, -0.25) is 4.79 Å². The number of thiazole rings is 1. The summed E-state index contributed by atoms with van der Waals surface area (Å²) in [6.07, 6.45) is 4.83. The van der Waals surface area contributed by atoms with Crippen LogP contribution in [0.4, 0.5) is 0 Å². The molecule has 1 spiro atoms. The first-order valence-corrected chi connectivity index (χ1v) is 12.3. The van der Waals surface area contributed by atoms with E-state index in [1.807, 2.05) is 11.3 Å². The molecule has 2 aliphatic carbocycles. The van der Waals surface area contributed by atoms with Crippen LogP contribution in [0.25, 0.3) is 10.2 Å². The van der Waals surface area contributed by atoms with Crippen molar-refractivity contribution in [3.8, 4) is 0 Å². The fourth-order valence-corrected chi connectivity index (χ4v) is 7.77. The van der Waals surface area contributed by atoms with Crippen LogP contribution >= 0.6 is 11.3 Å². The summed E-state index contributed by atoms with van der Waals surface area (Å²) in [6.45, 7) is 2.10. The Morgan fingerprint density at radius 1 is 1.26 bits per heavy atom. The third-order valence-electron chi connectivity index (χ3n) is 6.44. The summed E-state index contributed by atoms with van der Waals surface area (Å²) in [7, 11) is -2.84. The molecule has 0 atom stereocenters. The minimum absolute atomic E-state index is 0.0205. The number of amides is 1. The molecule has 27 heavy (non-hydrogen) atoms. The van der Waals surface area contributed by atoms with Gasteiger partial charge >= 0.3 is 0 Å². The fourth-order valence-electron chi connectivity index (χ4n) is 5.15. The first-order valence-electron chi connectivity index (χ1n) is 9.66. The Kier molecular flexibility index (Phi) is 3.92. The molecule has 0 unspecified atom stereocenters. The van der Waals surface area contributed by atoms with Gasteiger partial charge in [-0.15, -0.1) is 11.3 Å². The molecular formula is C20H24N2O3S2.